The largest absolute Gasteiger partial charge is 0.378 e. The minimum absolute atomic E-state index is 0.0113. The summed E-state index contributed by atoms with van der Waals surface area (Å²) in [6.07, 6.45) is 0.995. The van der Waals surface area contributed by atoms with Crippen LogP contribution in [0.4, 0.5) is 4.79 Å². The minimum atomic E-state index is -0.708. The second-order valence-electron chi connectivity index (χ2n) is 7.79. The highest BCUT2D eigenvalue weighted by Crippen LogP contribution is 2.26. The summed E-state index contributed by atoms with van der Waals surface area (Å²) in [4.78, 5) is 38.9. The van der Waals surface area contributed by atoms with Gasteiger partial charge in [0.1, 0.15) is 18.7 Å². The number of nitrogens with zero attached hydrogens (tertiary/aromatic N) is 1. The zero-order chi connectivity index (χ0) is 19.3. The molecule has 0 aliphatic carbocycles. The Morgan fingerprint density at radius 3 is 2.50 bits per heavy atom. The van der Waals surface area contributed by atoms with Crippen molar-refractivity contribution >= 4 is 17.7 Å². The Hall–Kier alpha value is -1.67. The van der Waals surface area contributed by atoms with E-state index >= 15 is 0 Å². The molecule has 0 aromatic heterocycles. The third-order valence-electron chi connectivity index (χ3n) is 5.23. The van der Waals surface area contributed by atoms with Crippen molar-refractivity contribution in [2.45, 2.75) is 58.7 Å². The van der Waals surface area contributed by atoms with Crippen LogP contribution < -0.4 is 10.6 Å². The van der Waals surface area contributed by atoms with E-state index in [1.54, 1.807) is 11.8 Å². The number of nitrogens with one attached hydrogen (secondary N) is 2. The highest BCUT2D eigenvalue weighted by molar-refractivity contribution is 5.94. The zero-order valence-corrected chi connectivity index (χ0v) is 16.2. The van der Waals surface area contributed by atoms with E-state index in [1.165, 1.54) is 0 Å². The SMILES string of the molecule is CCC(C)(C)C[C@H](NC(=O)N1CCOCC1)C(=O)N[C@@H]1C(=O)CO[C@H]1C. The third kappa shape index (κ3) is 5.41. The molecule has 0 aromatic carbocycles. The normalized spacial score (nSPS) is 25.1. The summed E-state index contributed by atoms with van der Waals surface area (Å²) >= 11 is 0. The Bertz CT molecular complexity index is 531. The Kier molecular flexibility index (Phi) is 7.00. The molecule has 2 aliphatic rings. The Morgan fingerprint density at radius 1 is 1.31 bits per heavy atom. The first-order valence-corrected chi connectivity index (χ1v) is 9.31. The molecule has 2 heterocycles. The fraction of sp³-hybridized carbons (Fsp3) is 0.833. The Morgan fingerprint density at radius 2 is 1.96 bits per heavy atom. The van der Waals surface area contributed by atoms with Crippen LogP contribution in [0, 0.1) is 5.41 Å². The number of carbonyl (C=O) groups is 3. The lowest BCUT2D eigenvalue weighted by Crippen LogP contribution is -2.57. The number of carbonyl (C=O) groups excluding carboxylic acids is 3. The van der Waals surface area contributed by atoms with Gasteiger partial charge in [0.05, 0.1) is 19.3 Å². The molecule has 2 aliphatic heterocycles. The van der Waals surface area contributed by atoms with Crippen LogP contribution in [0.2, 0.25) is 0 Å². The van der Waals surface area contributed by atoms with Crippen molar-refractivity contribution in [1.82, 2.24) is 15.5 Å². The second kappa shape index (κ2) is 8.81. The van der Waals surface area contributed by atoms with Gasteiger partial charge in [-0.25, -0.2) is 4.79 Å². The van der Waals surface area contributed by atoms with Gasteiger partial charge in [-0.05, 0) is 18.8 Å². The molecule has 0 bridgehead atoms. The Balaban J connectivity index is 2.05. The van der Waals surface area contributed by atoms with Gasteiger partial charge in [-0.2, -0.15) is 0 Å². The number of ether oxygens (including phenoxy) is 2. The van der Waals surface area contributed by atoms with Gasteiger partial charge in [-0.15, -0.1) is 0 Å². The molecule has 0 radical (unpaired) electrons. The quantitative estimate of drug-likeness (QED) is 0.718. The molecule has 3 amide bonds. The predicted molar refractivity (Wildman–Crippen MR) is 95.8 cm³/mol. The number of rotatable bonds is 6. The molecule has 8 nitrogen and oxygen atoms in total. The zero-order valence-electron chi connectivity index (χ0n) is 16.2. The number of ketones is 1. The van der Waals surface area contributed by atoms with Crippen molar-refractivity contribution in [3.8, 4) is 0 Å². The van der Waals surface area contributed by atoms with Crippen LogP contribution in [0.5, 0.6) is 0 Å². The molecular formula is C18H31N3O5. The van der Waals surface area contributed by atoms with E-state index in [9.17, 15) is 14.4 Å². The van der Waals surface area contributed by atoms with E-state index in [2.05, 4.69) is 31.4 Å². The number of hydrogen-bond acceptors (Lipinski definition) is 5. The van der Waals surface area contributed by atoms with Gasteiger partial charge >= 0.3 is 6.03 Å². The summed E-state index contributed by atoms with van der Waals surface area (Å²) in [6.45, 7) is 9.93. The van der Waals surface area contributed by atoms with Crippen molar-refractivity contribution < 1.29 is 23.9 Å². The maximum atomic E-state index is 12.8. The van der Waals surface area contributed by atoms with E-state index in [1.807, 2.05) is 0 Å². The number of urea groups is 1. The van der Waals surface area contributed by atoms with Crippen LogP contribution in [0.15, 0.2) is 0 Å². The van der Waals surface area contributed by atoms with Gasteiger partial charge in [0.25, 0.3) is 0 Å². The molecule has 3 atom stereocenters. The average Bonchev–Trinajstić information content (AvgIpc) is 2.93. The van der Waals surface area contributed by atoms with Gasteiger partial charge in [-0.3, -0.25) is 9.59 Å². The topological polar surface area (TPSA) is 97.0 Å². The molecule has 2 rings (SSSR count). The van der Waals surface area contributed by atoms with Crippen LogP contribution >= 0.6 is 0 Å². The molecule has 0 unspecified atom stereocenters. The first kappa shape index (κ1) is 20.6. The number of hydrogen-bond donors (Lipinski definition) is 2. The first-order chi connectivity index (χ1) is 12.2. The van der Waals surface area contributed by atoms with Gasteiger partial charge < -0.3 is 25.0 Å². The fourth-order valence-electron chi connectivity index (χ4n) is 3.03. The summed E-state index contributed by atoms with van der Waals surface area (Å²) in [7, 11) is 0. The minimum Gasteiger partial charge on any atom is -0.378 e. The average molecular weight is 369 g/mol. The summed E-state index contributed by atoms with van der Waals surface area (Å²) in [5, 5.41) is 5.61. The number of morpholine rings is 1. The van der Waals surface area contributed by atoms with Crippen LogP contribution in [-0.4, -0.2) is 73.7 Å². The number of Topliss-reactive ketones (excluding diaryl/α,β-unsaturated/α-hetero) is 1. The lowest BCUT2D eigenvalue weighted by molar-refractivity contribution is -0.128. The smallest absolute Gasteiger partial charge is 0.318 e. The van der Waals surface area contributed by atoms with Crippen molar-refractivity contribution in [2.24, 2.45) is 5.41 Å². The molecule has 0 saturated carbocycles. The summed E-state index contributed by atoms with van der Waals surface area (Å²) in [5.74, 6) is -0.484. The summed E-state index contributed by atoms with van der Waals surface area (Å²) < 4.78 is 10.5. The van der Waals surface area contributed by atoms with E-state index < -0.39 is 12.1 Å². The highest BCUT2D eigenvalue weighted by atomic mass is 16.5. The van der Waals surface area contributed by atoms with Crippen LogP contribution in [-0.2, 0) is 19.1 Å². The van der Waals surface area contributed by atoms with Crippen molar-refractivity contribution in [1.29, 1.82) is 0 Å². The van der Waals surface area contributed by atoms with Crippen LogP contribution in [0.25, 0.3) is 0 Å². The molecule has 2 N–H and O–H groups in total. The van der Waals surface area contributed by atoms with Gasteiger partial charge in [-0.1, -0.05) is 27.2 Å². The predicted octanol–water partition coefficient (Wildman–Crippen LogP) is 0.696. The van der Waals surface area contributed by atoms with E-state index in [0.717, 1.165) is 6.42 Å². The number of amides is 3. The van der Waals surface area contributed by atoms with E-state index in [-0.39, 0.29) is 35.8 Å². The van der Waals surface area contributed by atoms with Gasteiger partial charge in [0.15, 0.2) is 5.78 Å². The van der Waals surface area contributed by atoms with Crippen molar-refractivity contribution in [2.75, 3.05) is 32.9 Å². The lowest BCUT2D eigenvalue weighted by atomic mass is 9.83. The first-order valence-electron chi connectivity index (χ1n) is 9.31. The van der Waals surface area contributed by atoms with Crippen LogP contribution in [0.1, 0.15) is 40.5 Å². The van der Waals surface area contributed by atoms with Crippen molar-refractivity contribution in [3.05, 3.63) is 0 Å². The monoisotopic (exact) mass is 369 g/mol. The maximum absolute atomic E-state index is 12.8. The molecule has 148 valence electrons. The molecule has 26 heavy (non-hydrogen) atoms. The van der Waals surface area contributed by atoms with Gasteiger partial charge in [0.2, 0.25) is 5.91 Å². The molecular weight excluding hydrogens is 338 g/mol. The van der Waals surface area contributed by atoms with E-state index in [0.29, 0.717) is 32.7 Å². The maximum Gasteiger partial charge on any atom is 0.318 e. The Labute approximate surface area is 155 Å². The lowest BCUT2D eigenvalue weighted by Gasteiger charge is -2.32. The van der Waals surface area contributed by atoms with Crippen LogP contribution in [0.3, 0.4) is 0 Å². The van der Waals surface area contributed by atoms with Gasteiger partial charge in [0, 0.05) is 13.1 Å². The molecule has 2 saturated heterocycles. The second-order valence-corrected chi connectivity index (χ2v) is 7.79. The molecule has 0 aromatic rings. The summed E-state index contributed by atoms with van der Waals surface area (Å²) in [6, 6.07) is -1.64. The highest BCUT2D eigenvalue weighted by Gasteiger charge is 2.37. The van der Waals surface area contributed by atoms with E-state index in [4.69, 9.17) is 9.47 Å². The standard InChI is InChI=1S/C18H31N3O5/c1-5-18(3,4)10-13(19-17(24)21-6-8-25-9-7-21)16(23)20-15-12(2)26-11-14(15)22/h12-13,15H,5-11H2,1-4H3,(H,19,24)(H,20,23)/t12-,13-,15-/m0/s1. The molecule has 8 heteroatoms. The fourth-order valence-corrected chi connectivity index (χ4v) is 3.03. The summed E-state index contributed by atoms with van der Waals surface area (Å²) in [5.41, 5.74) is -0.123. The van der Waals surface area contributed by atoms with Crippen molar-refractivity contribution in [3.63, 3.8) is 0 Å². The third-order valence-corrected chi connectivity index (χ3v) is 5.23. The molecule has 2 fully saturated rings. The molecule has 0 spiro atoms.